The molecule has 18 nitrogen and oxygen atoms in total. The second-order valence-electron chi connectivity index (χ2n) is 17.3. The predicted molar refractivity (Wildman–Crippen MR) is 248 cm³/mol. The summed E-state index contributed by atoms with van der Waals surface area (Å²) in [5, 5.41) is 27.5. The Kier molecular flexibility index (Phi) is 13.0. The molecule has 3 aromatic carbocycles. The number of imide groups is 1. The van der Waals surface area contributed by atoms with Crippen LogP contribution < -0.4 is 26.4 Å². The van der Waals surface area contributed by atoms with Crippen LogP contribution in [0.3, 0.4) is 0 Å². The van der Waals surface area contributed by atoms with Gasteiger partial charge in [0.25, 0.3) is 0 Å². The van der Waals surface area contributed by atoms with Crippen LogP contribution in [0.1, 0.15) is 79.7 Å². The molecular formula is C45H48ClN7O11S2. The predicted octanol–water partition coefficient (Wildman–Crippen LogP) is 6.38. The standard InChI is InChI=1S/C45H48ClN7O11S2/c1-45(2)23-30(47-29-10-6-8-27(22-29)39-37(46)38(64-24-36(55)56)40(65-39)42(58)59)15-20-51(45)66(62,63)25-26-7-5-9-28(21-26)48-43(60)50-18-16-31(17-19-50)52-32-11-3-4-12-33(32)53(44(52)61)34-13-14-35(54)49-41(34)57/h3-12,21-22,30-31,34,47H,13-20,23-25H2,1-2H3,(H,48,60)(H,55,56)(H,58,59)(H,49,54,57)/t30-,34?/m0/s1. The normalized spacial score (nSPS) is 19.3. The Labute approximate surface area is 388 Å². The SMILES string of the molecule is CC1(C)C[C@@H](Nc2cccc(-c3sc(C(=O)O)c(OCC(=O)O)c3Cl)c2)CCN1S(=O)(=O)Cc1cccc(NC(=O)N2CCC(n3c(=O)n(C4CCC(=O)NC4=O)c4ccccc43)CC2)c1. The Bertz CT molecular complexity index is 2920. The Morgan fingerprint density at radius 2 is 1.59 bits per heavy atom. The van der Waals surface area contributed by atoms with Crippen LogP contribution in [0.5, 0.6) is 5.75 Å². The first-order valence-electron chi connectivity index (χ1n) is 21.4. The van der Waals surface area contributed by atoms with Crippen LogP contribution in [-0.4, -0.2) is 105 Å². The molecule has 0 bridgehead atoms. The molecule has 2 aromatic heterocycles. The van der Waals surface area contributed by atoms with E-state index in [-0.39, 0.29) is 70.5 Å². The number of sulfonamides is 1. The average Bonchev–Trinajstić information content (AvgIpc) is 3.75. The molecule has 0 aliphatic carbocycles. The van der Waals surface area contributed by atoms with E-state index in [1.165, 1.54) is 8.87 Å². The van der Waals surface area contributed by atoms with Crippen molar-refractivity contribution in [1.82, 2.24) is 23.7 Å². The van der Waals surface area contributed by atoms with Gasteiger partial charge in [0.1, 0.15) is 11.1 Å². The zero-order valence-electron chi connectivity index (χ0n) is 36.0. The lowest BCUT2D eigenvalue weighted by Crippen LogP contribution is -2.55. The molecule has 0 saturated carbocycles. The molecule has 21 heteroatoms. The number of urea groups is 1. The number of rotatable bonds is 13. The van der Waals surface area contributed by atoms with Crippen molar-refractivity contribution in [3.63, 3.8) is 0 Å². The highest BCUT2D eigenvalue weighted by Crippen LogP contribution is 2.46. The summed E-state index contributed by atoms with van der Waals surface area (Å²) in [6.07, 6.45) is 2.29. The van der Waals surface area contributed by atoms with Gasteiger partial charge in [-0.25, -0.2) is 27.6 Å². The largest absolute Gasteiger partial charge is 0.479 e. The van der Waals surface area contributed by atoms with E-state index in [1.807, 2.05) is 32.0 Å². The number of halogens is 1. The van der Waals surface area contributed by atoms with Crippen molar-refractivity contribution in [3.8, 4) is 16.2 Å². The first-order valence-corrected chi connectivity index (χ1v) is 24.2. The van der Waals surface area contributed by atoms with E-state index in [1.54, 1.807) is 64.1 Å². The van der Waals surface area contributed by atoms with Crippen LogP contribution >= 0.6 is 22.9 Å². The minimum Gasteiger partial charge on any atom is -0.479 e. The summed E-state index contributed by atoms with van der Waals surface area (Å²) in [6, 6.07) is 19.6. The number of aromatic carboxylic acids is 1. The number of carbonyl (C=O) groups excluding carboxylic acids is 3. The maximum atomic E-state index is 14.0. The number of carboxylic acid groups (broad SMARTS) is 2. The topological polar surface area (TPSA) is 239 Å². The fourth-order valence-electron chi connectivity index (χ4n) is 9.33. The second kappa shape index (κ2) is 18.6. The summed E-state index contributed by atoms with van der Waals surface area (Å²) in [5.41, 5.74) is 2.40. The highest BCUT2D eigenvalue weighted by molar-refractivity contribution is 7.88. The fourth-order valence-corrected chi connectivity index (χ4v) is 12.7. The number of fused-ring (bicyclic) bond motifs is 1. The van der Waals surface area contributed by atoms with Crippen molar-refractivity contribution < 1.29 is 47.3 Å². The van der Waals surface area contributed by atoms with Gasteiger partial charge in [-0.3, -0.25) is 24.0 Å². The first-order chi connectivity index (χ1) is 31.4. The minimum absolute atomic E-state index is 0.00722. The van der Waals surface area contributed by atoms with E-state index >= 15 is 0 Å². The number of carboxylic acids is 2. The third-order valence-electron chi connectivity index (χ3n) is 12.3. The van der Waals surface area contributed by atoms with Crippen molar-refractivity contribution in [2.24, 2.45) is 0 Å². The molecular weight excluding hydrogens is 914 g/mol. The number of amides is 4. The second-order valence-corrected chi connectivity index (χ2v) is 20.6. The highest BCUT2D eigenvalue weighted by Gasteiger charge is 2.42. The molecule has 2 atom stereocenters. The summed E-state index contributed by atoms with van der Waals surface area (Å²) >= 11 is 7.39. The number of para-hydroxylation sites is 2. The lowest BCUT2D eigenvalue weighted by molar-refractivity contribution is -0.139. The number of hydrogen-bond acceptors (Lipinski definition) is 11. The van der Waals surface area contributed by atoms with Gasteiger partial charge in [0, 0.05) is 55.1 Å². The number of aliphatic carboxylic acids is 1. The molecule has 0 radical (unpaired) electrons. The molecule has 0 spiro atoms. The Hall–Kier alpha value is -6.22. The zero-order valence-corrected chi connectivity index (χ0v) is 38.4. The van der Waals surface area contributed by atoms with Crippen LogP contribution in [0.25, 0.3) is 21.5 Å². The number of aromatic nitrogens is 2. The van der Waals surface area contributed by atoms with Crippen LogP contribution in [-0.2, 0) is 30.2 Å². The van der Waals surface area contributed by atoms with Gasteiger partial charge in [-0.15, -0.1) is 11.3 Å². The number of likely N-dealkylation sites (tertiary alicyclic amines) is 1. The number of hydrogen-bond donors (Lipinski definition) is 5. The molecule has 66 heavy (non-hydrogen) atoms. The van der Waals surface area contributed by atoms with E-state index in [2.05, 4.69) is 16.0 Å². The Balaban J connectivity index is 0.875. The number of carbonyl (C=O) groups is 5. The van der Waals surface area contributed by atoms with E-state index in [9.17, 15) is 42.3 Å². The monoisotopic (exact) mass is 961 g/mol. The molecule has 3 saturated heterocycles. The summed E-state index contributed by atoms with van der Waals surface area (Å²) < 4.78 is 38.0. The van der Waals surface area contributed by atoms with Crippen LogP contribution in [0.2, 0.25) is 5.02 Å². The number of ether oxygens (including phenoxy) is 1. The average molecular weight is 963 g/mol. The molecule has 8 rings (SSSR count). The minimum atomic E-state index is -3.83. The van der Waals surface area contributed by atoms with Gasteiger partial charge in [-0.1, -0.05) is 48.0 Å². The first kappa shape index (κ1) is 46.3. The van der Waals surface area contributed by atoms with Gasteiger partial charge >= 0.3 is 23.7 Å². The number of nitrogens with zero attached hydrogens (tertiary/aromatic N) is 4. The number of thiophene rings is 1. The maximum absolute atomic E-state index is 14.0. The number of benzene rings is 3. The zero-order chi connectivity index (χ0) is 47.1. The van der Waals surface area contributed by atoms with Gasteiger partial charge in [-0.05, 0) is 93.5 Å². The Morgan fingerprint density at radius 3 is 2.27 bits per heavy atom. The molecule has 5 heterocycles. The number of imidazole rings is 1. The van der Waals surface area contributed by atoms with Gasteiger partial charge in [0.05, 0.1) is 21.7 Å². The molecule has 5 N–H and O–H groups in total. The molecule has 348 valence electrons. The van der Waals surface area contributed by atoms with Crippen molar-refractivity contribution >= 4 is 85.2 Å². The quantitative estimate of drug-likeness (QED) is 0.0809. The van der Waals surface area contributed by atoms with E-state index < -0.39 is 46.1 Å². The number of nitrogens with one attached hydrogen (secondary N) is 3. The lowest BCUT2D eigenvalue weighted by atomic mass is 9.89. The highest BCUT2D eigenvalue weighted by atomic mass is 35.5. The molecule has 4 amide bonds. The van der Waals surface area contributed by atoms with Gasteiger partial charge in [0.15, 0.2) is 17.2 Å². The van der Waals surface area contributed by atoms with Crippen molar-refractivity contribution in [1.29, 1.82) is 0 Å². The van der Waals surface area contributed by atoms with E-state index in [4.69, 9.17) is 21.4 Å². The third-order valence-corrected chi connectivity index (χ3v) is 16.0. The lowest BCUT2D eigenvalue weighted by Gasteiger charge is -2.45. The molecule has 3 aliphatic rings. The smallest absolute Gasteiger partial charge is 0.349 e. The summed E-state index contributed by atoms with van der Waals surface area (Å²) in [4.78, 5) is 76.9. The van der Waals surface area contributed by atoms with Crippen LogP contribution in [0.15, 0.2) is 77.6 Å². The summed E-state index contributed by atoms with van der Waals surface area (Å²) in [7, 11) is -3.83. The van der Waals surface area contributed by atoms with Gasteiger partial charge in [0.2, 0.25) is 21.8 Å². The number of piperidine rings is 3. The molecule has 3 aliphatic heterocycles. The number of anilines is 2. The molecule has 3 fully saturated rings. The third kappa shape index (κ3) is 9.53. The Morgan fingerprint density at radius 1 is 0.894 bits per heavy atom. The fraction of sp³-hybridized carbons (Fsp3) is 0.378. The maximum Gasteiger partial charge on any atom is 0.349 e. The van der Waals surface area contributed by atoms with Crippen LogP contribution in [0.4, 0.5) is 16.2 Å². The van der Waals surface area contributed by atoms with Crippen molar-refractivity contribution in [2.75, 3.05) is 36.9 Å². The van der Waals surface area contributed by atoms with E-state index in [0.717, 1.165) is 11.3 Å². The van der Waals surface area contributed by atoms with Crippen LogP contribution in [0, 0.1) is 0 Å². The summed E-state index contributed by atoms with van der Waals surface area (Å²) in [6.45, 7) is 3.94. The van der Waals surface area contributed by atoms with Gasteiger partial charge < -0.3 is 30.5 Å². The van der Waals surface area contributed by atoms with Crippen molar-refractivity contribution in [3.05, 3.63) is 98.7 Å². The van der Waals surface area contributed by atoms with Crippen molar-refractivity contribution in [2.45, 2.75) is 81.8 Å². The summed E-state index contributed by atoms with van der Waals surface area (Å²) in [5.74, 6) is -3.94. The van der Waals surface area contributed by atoms with E-state index in [0.29, 0.717) is 77.2 Å². The van der Waals surface area contributed by atoms with Gasteiger partial charge in [-0.2, -0.15) is 4.31 Å². The molecule has 1 unspecified atom stereocenters. The molecule has 5 aromatic rings.